The number of amides is 2. The van der Waals surface area contributed by atoms with Crippen LogP contribution in [0.2, 0.25) is 0 Å². The highest BCUT2D eigenvalue weighted by Gasteiger charge is 2.23. The standard InChI is InChI=1S/C24H29N7O4/c1-4-31(5-2)13-12-25-22(33)16-6-8-17(9-7-16)29-30-21(15(3)32)23(34)26-18-10-11-19-20(14-18)28-24(35)27-19/h6-11,14,21H,4-5,12-13H2,1-3H3,(H,25,33)(H,26,34)(H2,27,28,35)/b30-29+. The molecule has 0 fully saturated rings. The molecule has 0 aliphatic heterocycles. The Balaban J connectivity index is 1.61. The fourth-order valence-corrected chi connectivity index (χ4v) is 3.41. The summed E-state index contributed by atoms with van der Waals surface area (Å²) in [6.07, 6.45) is 0. The minimum absolute atomic E-state index is 0.192. The molecule has 3 aromatic rings. The van der Waals surface area contributed by atoms with Crippen LogP contribution in [0.25, 0.3) is 11.0 Å². The number of rotatable bonds is 11. The first-order valence-corrected chi connectivity index (χ1v) is 11.4. The molecule has 2 amide bonds. The van der Waals surface area contributed by atoms with Crippen LogP contribution in [0, 0.1) is 0 Å². The van der Waals surface area contributed by atoms with Crippen molar-refractivity contribution in [2.24, 2.45) is 10.2 Å². The SMILES string of the molecule is CCN(CC)CCNC(=O)c1ccc(/N=N/C(C(C)=O)C(=O)Nc2ccc3[nH]c(=O)[nH]c3c2)cc1. The quantitative estimate of drug-likeness (QED) is 0.246. The van der Waals surface area contributed by atoms with Gasteiger partial charge < -0.3 is 25.5 Å². The molecule has 0 aliphatic carbocycles. The Bertz CT molecular complexity index is 1270. The number of aromatic nitrogens is 2. The Hall–Kier alpha value is -4.12. The molecular formula is C24H29N7O4. The van der Waals surface area contributed by atoms with Gasteiger partial charge in [-0.25, -0.2) is 4.79 Å². The van der Waals surface area contributed by atoms with Gasteiger partial charge in [-0.05, 0) is 62.5 Å². The number of hydrogen-bond donors (Lipinski definition) is 4. The number of benzene rings is 2. The summed E-state index contributed by atoms with van der Waals surface area (Å²) in [5.41, 5.74) is 2.03. The third-order valence-corrected chi connectivity index (χ3v) is 5.44. The Kier molecular flexibility index (Phi) is 8.63. The second kappa shape index (κ2) is 11.8. The first-order chi connectivity index (χ1) is 16.8. The van der Waals surface area contributed by atoms with E-state index in [0.717, 1.165) is 19.6 Å². The van der Waals surface area contributed by atoms with Gasteiger partial charge in [0.25, 0.3) is 11.8 Å². The maximum atomic E-state index is 12.6. The average Bonchev–Trinajstić information content (AvgIpc) is 3.21. The van der Waals surface area contributed by atoms with E-state index in [0.29, 0.717) is 34.5 Å². The molecule has 1 heterocycles. The largest absolute Gasteiger partial charge is 0.351 e. The fraction of sp³-hybridized carbons (Fsp3) is 0.333. The lowest BCUT2D eigenvalue weighted by atomic mass is 10.2. The lowest BCUT2D eigenvalue weighted by Crippen LogP contribution is -2.34. The van der Waals surface area contributed by atoms with E-state index in [2.05, 4.69) is 49.6 Å². The molecule has 0 saturated heterocycles. The van der Waals surface area contributed by atoms with Crippen molar-refractivity contribution in [1.29, 1.82) is 0 Å². The lowest BCUT2D eigenvalue weighted by molar-refractivity contribution is -0.126. The van der Waals surface area contributed by atoms with Crippen molar-refractivity contribution in [2.75, 3.05) is 31.5 Å². The second-order valence-electron chi connectivity index (χ2n) is 7.89. The maximum absolute atomic E-state index is 12.6. The first-order valence-electron chi connectivity index (χ1n) is 11.4. The van der Waals surface area contributed by atoms with E-state index >= 15 is 0 Å². The molecule has 3 rings (SSSR count). The van der Waals surface area contributed by atoms with Crippen LogP contribution in [0.5, 0.6) is 0 Å². The number of carbonyl (C=O) groups excluding carboxylic acids is 3. The fourth-order valence-electron chi connectivity index (χ4n) is 3.41. The monoisotopic (exact) mass is 479 g/mol. The summed E-state index contributed by atoms with van der Waals surface area (Å²) in [6.45, 7) is 8.57. The highest BCUT2D eigenvalue weighted by molar-refractivity contribution is 6.10. The van der Waals surface area contributed by atoms with E-state index in [1.54, 1.807) is 42.5 Å². The van der Waals surface area contributed by atoms with Gasteiger partial charge in [0.15, 0.2) is 5.78 Å². The van der Waals surface area contributed by atoms with Gasteiger partial charge in [-0.3, -0.25) is 14.4 Å². The van der Waals surface area contributed by atoms with Gasteiger partial charge in [0.1, 0.15) is 0 Å². The number of hydrogen-bond acceptors (Lipinski definition) is 7. The van der Waals surface area contributed by atoms with E-state index in [-0.39, 0.29) is 11.6 Å². The number of azo groups is 1. The second-order valence-corrected chi connectivity index (χ2v) is 7.89. The van der Waals surface area contributed by atoms with E-state index in [1.807, 2.05) is 0 Å². The van der Waals surface area contributed by atoms with E-state index in [1.165, 1.54) is 6.92 Å². The number of imidazole rings is 1. The van der Waals surface area contributed by atoms with Crippen LogP contribution in [0.3, 0.4) is 0 Å². The Morgan fingerprint density at radius 1 is 1.00 bits per heavy atom. The van der Waals surface area contributed by atoms with Crippen LogP contribution in [0.15, 0.2) is 57.5 Å². The average molecular weight is 480 g/mol. The molecule has 35 heavy (non-hydrogen) atoms. The molecule has 2 aromatic carbocycles. The van der Waals surface area contributed by atoms with Crippen molar-refractivity contribution in [3.63, 3.8) is 0 Å². The van der Waals surface area contributed by atoms with Crippen LogP contribution in [0.1, 0.15) is 31.1 Å². The van der Waals surface area contributed by atoms with Gasteiger partial charge in [0, 0.05) is 24.3 Å². The van der Waals surface area contributed by atoms with E-state index < -0.39 is 17.7 Å². The summed E-state index contributed by atoms with van der Waals surface area (Å²) in [4.78, 5) is 55.8. The number of H-pyrrole nitrogens is 2. The Morgan fingerprint density at radius 3 is 2.34 bits per heavy atom. The summed E-state index contributed by atoms with van der Waals surface area (Å²) in [5.74, 6) is -1.32. The summed E-state index contributed by atoms with van der Waals surface area (Å²) in [5, 5.41) is 13.4. The molecule has 0 spiro atoms. The van der Waals surface area contributed by atoms with Crippen molar-refractivity contribution in [2.45, 2.75) is 26.8 Å². The van der Waals surface area contributed by atoms with Crippen molar-refractivity contribution in [3.8, 4) is 0 Å². The van der Waals surface area contributed by atoms with E-state index in [9.17, 15) is 19.2 Å². The first kappa shape index (κ1) is 25.5. The van der Waals surface area contributed by atoms with Gasteiger partial charge in [-0.2, -0.15) is 10.2 Å². The van der Waals surface area contributed by atoms with Crippen LogP contribution in [-0.2, 0) is 9.59 Å². The van der Waals surface area contributed by atoms with Crippen molar-refractivity contribution in [3.05, 3.63) is 58.5 Å². The number of fused-ring (bicyclic) bond motifs is 1. The minimum Gasteiger partial charge on any atom is -0.351 e. The predicted octanol–water partition coefficient (Wildman–Crippen LogP) is 2.61. The molecule has 184 valence electrons. The van der Waals surface area contributed by atoms with Crippen molar-refractivity contribution >= 4 is 40.0 Å². The highest BCUT2D eigenvalue weighted by Crippen LogP contribution is 2.17. The van der Waals surface area contributed by atoms with Crippen LogP contribution in [0.4, 0.5) is 11.4 Å². The summed E-state index contributed by atoms with van der Waals surface area (Å²) in [7, 11) is 0. The molecular weight excluding hydrogens is 450 g/mol. The molecule has 0 saturated carbocycles. The van der Waals surface area contributed by atoms with E-state index in [4.69, 9.17) is 0 Å². The van der Waals surface area contributed by atoms with Crippen molar-refractivity contribution < 1.29 is 14.4 Å². The predicted molar refractivity (Wildman–Crippen MR) is 133 cm³/mol. The van der Waals surface area contributed by atoms with Gasteiger partial charge in [0.05, 0.1) is 16.7 Å². The summed E-state index contributed by atoms with van der Waals surface area (Å²) in [6, 6.07) is 9.86. The molecule has 1 unspecified atom stereocenters. The number of ketones is 1. The Labute approximate surface area is 202 Å². The number of aromatic amines is 2. The van der Waals surface area contributed by atoms with Crippen LogP contribution < -0.4 is 16.3 Å². The third-order valence-electron chi connectivity index (χ3n) is 5.44. The zero-order valence-corrected chi connectivity index (χ0v) is 19.9. The zero-order chi connectivity index (χ0) is 25.4. The molecule has 4 N–H and O–H groups in total. The van der Waals surface area contributed by atoms with Gasteiger partial charge in [0.2, 0.25) is 6.04 Å². The molecule has 1 atom stereocenters. The Morgan fingerprint density at radius 2 is 1.69 bits per heavy atom. The molecule has 11 nitrogen and oxygen atoms in total. The maximum Gasteiger partial charge on any atom is 0.323 e. The molecule has 11 heteroatoms. The summed E-state index contributed by atoms with van der Waals surface area (Å²) < 4.78 is 0. The van der Waals surface area contributed by atoms with Crippen molar-refractivity contribution in [1.82, 2.24) is 20.2 Å². The topological polar surface area (TPSA) is 152 Å². The smallest absolute Gasteiger partial charge is 0.323 e. The minimum atomic E-state index is -1.35. The summed E-state index contributed by atoms with van der Waals surface area (Å²) >= 11 is 0. The number of carbonyl (C=O) groups is 3. The number of anilines is 1. The normalized spacial score (nSPS) is 12.2. The number of Topliss-reactive ketones (excluding diaryl/α,β-unsaturated/α-hetero) is 1. The molecule has 0 radical (unpaired) electrons. The van der Waals surface area contributed by atoms with Gasteiger partial charge in [-0.1, -0.05) is 13.8 Å². The lowest BCUT2D eigenvalue weighted by Gasteiger charge is -2.17. The highest BCUT2D eigenvalue weighted by atomic mass is 16.2. The third kappa shape index (κ3) is 6.93. The molecule has 0 aliphatic rings. The zero-order valence-electron chi connectivity index (χ0n) is 19.9. The number of likely N-dealkylation sites (N-methyl/N-ethyl adjacent to an activating group) is 1. The van der Waals surface area contributed by atoms with Gasteiger partial charge >= 0.3 is 5.69 Å². The van der Waals surface area contributed by atoms with Crippen LogP contribution >= 0.6 is 0 Å². The number of nitrogens with one attached hydrogen (secondary N) is 4. The molecule has 0 bridgehead atoms. The number of nitrogens with zero attached hydrogens (tertiary/aromatic N) is 3. The van der Waals surface area contributed by atoms with Gasteiger partial charge in [-0.15, -0.1) is 0 Å². The molecule has 1 aromatic heterocycles. The van der Waals surface area contributed by atoms with Crippen LogP contribution in [-0.4, -0.2) is 64.7 Å².